The summed E-state index contributed by atoms with van der Waals surface area (Å²) in [5, 5.41) is 21.9. The second kappa shape index (κ2) is 26.0. The second-order valence-electron chi connectivity index (χ2n) is 10.3. The number of nitrogens with one attached hydrogen (secondary N) is 1. The molecule has 33 heavy (non-hydrogen) atoms. The third-order valence-electron chi connectivity index (χ3n) is 6.90. The van der Waals surface area contributed by atoms with Crippen molar-refractivity contribution < 1.29 is 15.0 Å². The van der Waals surface area contributed by atoms with Crippen LogP contribution in [0.15, 0.2) is 0 Å². The van der Waals surface area contributed by atoms with E-state index in [2.05, 4.69) is 12.2 Å². The first-order chi connectivity index (χ1) is 16.1. The maximum Gasteiger partial charge on any atom is 0.217 e. The minimum atomic E-state index is -0.649. The highest BCUT2D eigenvalue weighted by Gasteiger charge is 2.18. The van der Waals surface area contributed by atoms with E-state index in [0.717, 1.165) is 12.8 Å². The fourth-order valence-electron chi connectivity index (χ4n) is 4.69. The maximum absolute atomic E-state index is 11.1. The molecular weight excluding hydrogens is 410 g/mol. The predicted octanol–water partition coefficient (Wildman–Crippen LogP) is 7.84. The molecule has 2 unspecified atom stereocenters. The van der Waals surface area contributed by atoms with Crippen LogP contribution in [-0.2, 0) is 4.79 Å². The highest BCUT2D eigenvalue weighted by Crippen LogP contribution is 2.16. The molecule has 0 aromatic heterocycles. The fourth-order valence-corrected chi connectivity index (χ4v) is 4.69. The Balaban J connectivity index is 3.20. The number of aliphatic hydroxyl groups excluding tert-OH is 2. The zero-order valence-corrected chi connectivity index (χ0v) is 22.4. The molecular formula is C29H59NO3. The Morgan fingerprint density at radius 3 is 1.18 bits per heavy atom. The Labute approximate surface area is 206 Å². The Hall–Kier alpha value is -0.610. The minimum absolute atomic E-state index is 0.206. The van der Waals surface area contributed by atoms with Gasteiger partial charge in [0.1, 0.15) is 0 Å². The first-order valence-corrected chi connectivity index (χ1v) is 14.7. The van der Waals surface area contributed by atoms with Gasteiger partial charge < -0.3 is 15.5 Å². The topological polar surface area (TPSA) is 69.6 Å². The number of hydrogen-bond donors (Lipinski definition) is 3. The Bertz CT molecular complexity index is 402. The Morgan fingerprint density at radius 2 is 0.909 bits per heavy atom. The number of amides is 1. The second-order valence-corrected chi connectivity index (χ2v) is 10.3. The highest BCUT2D eigenvalue weighted by atomic mass is 16.3. The zero-order valence-electron chi connectivity index (χ0n) is 22.4. The average Bonchev–Trinajstić information content (AvgIpc) is 2.80. The van der Waals surface area contributed by atoms with Gasteiger partial charge in [0.05, 0.1) is 18.8 Å². The first kappa shape index (κ1) is 32.4. The van der Waals surface area contributed by atoms with Gasteiger partial charge in [-0.2, -0.15) is 0 Å². The fraction of sp³-hybridized carbons (Fsp3) is 0.966. The molecule has 0 heterocycles. The zero-order chi connectivity index (χ0) is 24.4. The molecule has 0 aromatic rings. The summed E-state index contributed by atoms with van der Waals surface area (Å²) in [6, 6.07) is -0.530. The summed E-state index contributed by atoms with van der Waals surface area (Å²) in [4.78, 5) is 11.1. The van der Waals surface area contributed by atoms with E-state index in [9.17, 15) is 15.0 Å². The molecule has 0 rings (SSSR count). The van der Waals surface area contributed by atoms with E-state index in [4.69, 9.17) is 0 Å². The average molecular weight is 470 g/mol. The van der Waals surface area contributed by atoms with Crippen LogP contribution in [0, 0.1) is 0 Å². The monoisotopic (exact) mass is 469 g/mol. The molecule has 0 bridgehead atoms. The van der Waals surface area contributed by atoms with Crippen LogP contribution >= 0.6 is 0 Å². The van der Waals surface area contributed by atoms with Crippen molar-refractivity contribution in [1.82, 2.24) is 5.32 Å². The number of carbonyl (C=O) groups excluding carboxylic acids is 1. The third-order valence-corrected chi connectivity index (χ3v) is 6.90. The standard InChI is InChI=1S/C29H59NO3/c1-3-4-5-6-7-8-9-10-11-12-13-14-15-16-17-18-19-20-21-22-23-24-25-29(33)28(26-31)30-27(2)32/h28-29,31,33H,3-26H2,1-2H3,(H,30,32). The van der Waals surface area contributed by atoms with E-state index in [1.807, 2.05) is 0 Å². The van der Waals surface area contributed by atoms with Crippen LogP contribution in [0.2, 0.25) is 0 Å². The smallest absolute Gasteiger partial charge is 0.217 e. The van der Waals surface area contributed by atoms with Gasteiger partial charge in [-0.25, -0.2) is 0 Å². The molecule has 0 aliphatic carbocycles. The van der Waals surface area contributed by atoms with E-state index < -0.39 is 12.1 Å². The van der Waals surface area contributed by atoms with Crippen molar-refractivity contribution in [3.05, 3.63) is 0 Å². The van der Waals surface area contributed by atoms with Crippen LogP contribution in [0.5, 0.6) is 0 Å². The summed E-state index contributed by atoms with van der Waals surface area (Å²) in [6.45, 7) is 3.49. The van der Waals surface area contributed by atoms with Crippen molar-refractivity contribution in [3.63, 3.8) is 0 Å². The molecule has 4 heteroatoms. The summed E-state index contributed by atoms with van der Waals surface area (Å²) in [6.07, 6.45) is 30.1. The van der Waals surface area contributed by atoms with Crippen molar-refractivity contribution in [2.45, 2.75) is 174 Å². The van der Waals surface area contributed by atoms with Crippen molar-refractivity contribution in [2.75, 3.05) is 6.61 Å². The molecule has 0 spiro atoms. The molecule has 0 saturated heterocycles. The lowest BCUT2D eigenvalue weighted by Gasteiger charge is -2.21. The summed E-state index contributed by atoms with van der Waals surface area (Å²) in [7, 11) is 0. The van der Waals surface area contributed by atoms with Crippen molar-refractivity contribution in [1.29, 1.82) is 0 Å². The van der Waals surface area contributed by atoms with Crippen LogP contribution in [0.3, 0.4) is 0 Å². The van der Waals surface area contributed by atoms with Crippen molar-refractivity contribution >= 4 is 5.91 Å². The molecule has 4 nitrogen and oxygen atoms in total. The maximum atomic E-state index is 11.1. The van der Waals surface area contributed by atoms with Crippen molar-refractivity contribution in [2.24, 2.45) is 0 Å². The lowest BCUT2D eigenvalue weighted by atomic mass is 10.0. The van der Waals surface area contributed by atoms with E-state index in [1.54, 1.807) is 0 Å². The van der Waals surface area contributed by atoms with Crippen LogP contribution in [0.25, 0.3) is 0 Å². The lowest BCUT2D eigenvalue weighted by Crippen LogP contribution is -2.44. The summed E-state index contributed by atoms with van der Waals surface area (Å²) in [5.74, 6) is -0.206. The SMILES string of the molecule is CCCCCCCCCCCCCCCCCCCCCCCCC(O)C(CO)NC(C)=O. The molecule has 0 saturated carbocycles. The quantitative estimate of drug-likeness (QED) is 0.113. The normalized spacial score (nSPS) is 13.2. The minimum Gasteiger partial charge on any atom is -0.394 e. The van der Waals surface area contributed by atoms with Gasteiger partial charge in [0.15, 0.2) is 0 Å². The van der Waals surface area contributed by atoms with E-state index in [1.165, 1.54) is 135 Å². The molecule has 0 radical (unpaired) electrons. The molecule has 2 atom stereocenters. The van der Waals surface area contributed by atoms with Gasteiger partial charge in [0.25, 0.3) is 0 Å². The number of rotatable bonds is 26. The van der Waals surface area contributed by atoms with Gasteiger partial charge in [-0.15, -0.1) is 0 Å². The van der Waals surface area contributed by atoms with Crippen LogP contribution < -0.4 is 5.32 Å². The molecule has 0 aliphatic heterocycles. The van der Waals surface area contributed by atoms with Gasteiger partial charge in [-0.05, 0) is 6.42 Å². The van der Waals surface area contributed by atoms with Gasteiger partial charge >= 0.3 is 0 Å². The number of hydrogen-bond acceptors (Lipinski definition) is 3. The van der Waals surface area contributed by atoms with E-state index in [-0.39, 0.29) is 12.5 Å². The molecule has 0 aliphatic rings. The molecule has 198 valence electrons. The van der Waals surface area contributed by atoms with Crippen LogP contribution in [0.4, 0.5) is 0 Å². The van der Waals surface area contributed by atoms with E-state index in [0.29, 0.717) is 6.42 Å². The third kappa shape index (κ3) is 24.3. The molecule has 0 aromatic carbocycles. The van der Waals surface area contributed by atoms with Crippen LogP contribution in [0.1, 0.15) is 162 Å². The number of aliphatic hydroxyl groups is 2. The van der Waals surface area contributed by atoms with Gasteiger partial charge in [0, 0.05) is 6.92 Å². The Morgan fingerprint density at radius 1 is 0.606 bits per heavy atom. The molecule has 1 amide bonds. The van der Waals surface area contributed by atoms with Gasteiger partial charge in [-0.1, -0.05) is 148 Å². The highest BCUT2D eigenvalue weighted by molar-refractivity contribution is 5.73. The number of carbonyl (C=O) groups is 1. The van der Waals surface area contributed by atoms with E-state index >= 15 is 0 Å². The summed E-state index contributed by atoms with van der Waals surface area (Å²) in [5.41, 5.74) is 0. The summed E-state index contributed by atoms with van der Waals surface area (Å²) < 4.78 is 0. The van der Waals surface area contributed by atoms with Gasteiger partial charge in [-0.3, -0.25) is 4.79 Å². The summed E-state index contributed by atoms with van der Waals surface area (Å²) >= 11 is 0. The molecule has 0 fully saturated rings. The lowest BCUT2D eigenvalue weighted by molar-refractivity contribution is -0.121. The Kier molecular flexibility index (Phi) is 25.5. The van der Waals surface area contributed by atoms with Gasteiger partial charge in [0.2, 0.25) is 5.91 Å². The predicted molar refractivity (Wildman–Crippen MR) is 143 cm³/mol. The van der Waals surface area contributed by atoms with Crippen LogP contribution in [-0.4, -0.2) is 34.9 Å². The first-order valence-electron chi connectivity index (χ1n) is 14.7. The largest absolute Gasteiger partial charge is 0.394 e. The molecule has 3 N–H and O–H groups in total. The van der Waals surface area contributed by atoms with Crippen molar-refractivity contribution in [3.8, 4) is 0 Å². The number of unbranched alkanes of at least 4 members (excludes halogenated alkanes) is 21.